The molecule has 1 aliphatic rings. The van der Waals surface area contributed by atoms with E-state index in [1.807, 2.05) is 24.3 Å². The molecule has 33 heavy (non-hydrogen) atoms. The van der Waals surface area contributed by atoms with Gasteiger partial charge in [-0.3, -0.25) is 0 Å². The molecule has 9 heteroatoms. The molecule has 1 atom stereocenters. The number of ether oxygens (including phenoxy) is 1. The van der Waals surface area contributed by atoms with E-state index in [-0.39, 0.29) is 23.8 Å². The number of hydrogen-bond donors (Lipinski definition) is 4. The van der Waals surface area contributed by atoms with Gasteiger partial charge in [0.2, 0.25) is 0 Å². The van der Waals surface area contributed by atoms with Gasteiger partial charge in [0.15, 0.2) is 0 Å². The highest BCUT2D eigenvalue weighted by atomic mass is 19.1. The van der Waals surface area contributed by atoms with Crippen LogP contribution in [0.4, 0.5) is 13.6 Å². The van der Waals surface area contributed by atoms with Gasteiger partial charge in [-0.2, -0.15) is 0 Å². The fraction of sp³-hybridized carbons (Fsp3) is 0.417. The molecular formula is C24H28F2N4O3. The van der Waals surface area contributed by atoms with Crippen LogP contribution in [0.25, 0.3) is 11.0 Å². The molecule has 4 N–H and O–H groups in total. The van der Waals surface area contributed by atoms with Gasteiger partial charge in [0.25, 0.3) is 0 Å². The number of urea groups is 1. The average Bonchev–Trinajstić information content (AvgIpc) is 3.21. The smallest absolute Gasteiger partial charge is 0.315 e. The molecule has 0 unspecified atom stereocenters. The summed E-state index contributed by atoms with van der Waals surface area (Å²) < 4.78 is 34.2. The largest absolute Gasteiger partial charge is 0.497 e. The van der Waals surface area contributed by atoms with Crippen molar-refractivity contribution in [2.75, 3.05) is 7.11 Å². The highest BCUT2D eigenvalue weighted by molar-refractivity contribution is 5.76. The predicted octanol–water partition coefficient (Wildman–Crippen LogP) is 4.13. The van der Waals surface area contributed by atoms with Crippen molar-refractivity contribution in [3.05, 3.63) is 59.4 Å². The summed E-state index contributed by atoms with van der Waals surface area (Å²) >= 11 is 0. The maximum atomic E-state index is 14.7. The molecule has 1 fully saturated rings. The minimum Gasteiger partial charge on any atom is -0.497 e. The Morgan fingerprint density at radius 2 is 1.94 bits per heavy atom. The Hall–Kier alpha value is -3.20. The summed E-state index contributed by atoms with van der Waals surface area (Å²) in [6.07, 6.45) is 2.34. The maximum Gasteiger partial charge on any atom is 0.315 e. The summed E-state index contributed by atoms with van der Waals surface area (Å²) in [5.74, 6) is -1.05. The van der Waals surface area contributed by atoms with Crippen molar-refractivity contribution in [2.45, 2.75) is 56.7 Å². The van der Waals surface area contributed by atoms with E-state index in [4.69, 9.17) is 4.74 Å². The zero-order chi connectivity index (χ0) is 23.6. The second kappa shape index (κ2) is 9.35. The third-order valence-corrected chi connectivity index (χ3v) is 6.20. The Morgan fingerprint density at radius 1 is 1.27 bits per heavy atom. The van der Waals surface area contributed by atoms with E-state index in [1.54, 1.807) is 6.92 Å². The van der Waals surface area contributed by atoms with Crippen LogP contribution in [0.2, 0.25) is 0 Å². The lowest BCUT2D eigenvalue weighted by molar-refractivity contribution is 0.0151. The van der Waals surface area contributed by atoms with Crippen molar-refractivity contribution in [3.8, 4) is 5.75 Å². The monoisotopic (exact) mass is 458 g/mol. The summed E-state index contributed by atoms with van der Waals surface area (Å²) in [7, 11) is 1.33. The van der Waals surface area contributed by atoms with Crippen LogP contribution in [-0.4, -0.2) is 39.9 Å². The number of aromatic amines is 1. The fourth-order valence-corrected chi connectivity index (χ4v) is 4.22. The van der Waals surface area contributed by atoms with E-state index in [0.29, 0.717) is 37.0 Å². The highest BCUT2D eigenvalue weighted by Crippen LogP contribution is 2.28. The number of imidazole rings is 1. The standard InChI is InChI=1S/C24H28F2N4O3/c1-24(32)9-7-14(8-10-24)27-23(31)30-21(22-28-19-5-3-4-6-20(19)29-22)13-16-17(25)11-15(33-2)12-18(16)26/h3-6,11-12,14,21,32H,7-10,13H2,1-2H3,(H,28,29)(H2,27,30,31)/t14-,21-,24-/m1/s1. The second-order valence-corrected chi connectivity index (χ2v) is 8.85. The Bertz CT molecular complexity index is 1080. The van der Waals surface area contributed by atoms with Crippen LogP contribution in [0.1, 0.15) is 50.0 Å². The first kappa shape index (κ1) is 23.0. The summed E-state index contributed by atoms with van der Waals surface area (Å²) in [4.78, 5) is 20.5. The minimum absolute atomic E-state index is 0.0768. The summed E-state index contributed by atoms with van der Waals surface area (Å²) in [5, 5.41) is 15.9. The van der Waals surface area contributed by atoms with E-state index in [1.165, 1.54) is 7.11 Å². The number of H-pyrrole nitrogens is 1. The quantitative estimate of drug-likeness (QED) is 0.446. The average molecular weight is 459 g/mol. The topological polar surface area (TPSA) is 99.3 Å². The Morgan fingerprint density at radius 3 is 2.58 bits per heavy atom. The molecular weight excluding hydrogens is 430 g/mol. The van der Waals surface area contributed by atoms with E-state index in [2.05, 4.69) is 20.6 Å². The Kier molecular flexibility index (Phi) is 6.51. The molecule has 0 aliphatic heterocycles. The van der Waals surface area contributed by atoms with E-state index in [0.717, 1.165) is 17.6 Å². The number of aliphatic hydroxyl groups is 1. The number of halogens is 2. The third-order valence-electron chi connectivity index (χ3n) is 6.20. The zero-order valence-corrected chi connectivity index (χ0v) is 18.6. The highest BCUT2D eigenvalue weighted by Gasteiger charge is 2.30. The molecule has 7 nitrogen and oxygen atoms in total. The van der Waals surface area contributed by atoms with Crippen LogP contribution in [0.5, 0.6) is 5.75 Å². The van der Waals surface area contributed by atoms with Gasteiger partial charge >= 0.3 is 6.03 Å². The van der Waals surface area contributed by atoms with E-state index in [9.17, 15) is 18.7 Å². The molecule has 1 saturated carbocycles. The normalized spacial score (nSPS) is 21.5. The number of aromatic nitrogens is 2. The van der Waals surface area contributed by atoms with Gasteiger partial charge in [-0.25, -0.2) is 18.6 Å². The number of para-hydroxylation sites is 2. The van der Waals surface area contributed by atoms with Gasteiger partial charge in [-0.1, -0.05) is 12.1 Å². The van der Waals surface area contributed by atoms with Crippen molar-refractivity contribution in [2.24, 2.45) is 0 Å². The lowest BCUT2D eigenvalue weighted by Gasteiger charge is -2.33. The van der Waals surface area contributed by atoms with Crippen molar-refractivity contribution in [3.63, 3.8) is 0 Å². The fourth-order valence-electron chi connectivity index (χ4n) is 4.22. The Labute approximate surface area is 190 Å². The number of methoxy groups -OCH3 is 1. The number of nitrogens with zero attached hydrogens (tertiary/aromatic N) is 1. The molecule has 3 aromatic rings. The lowest BCUT2D eigenvalue weighted by atomic mass is 9.84. The van der Waals surface area contributed by atoms with Crippen molar-refractivity contribution >= 4 is 17.1 Å². The molecule has 0 bridgehead atoms. The van der Waals surface area contributed by atoms with Crippen LogP contribution in [-0.2, 0) is 6.42 Å². The van der Waals surface area contributed by atoms with Gasteiger partial charge in [0.1, 0.15) is 23.2 Å². The van der Waals surface area contributed by atoms with Gasteiger partial charge in [0.05, 0.1) is 29.8 Å². The van der Waals surface area contributed by atoms with Crippen LogP contribution in [0.3, 0.4) is 0 Å². The first-order valence-corrected chi connectivity index (χ1v) is 11.0. The van der Waals surface area contributed by atoms with Gasteiger partial charge in [-0.05, 0) is 44.7 Å². The molecule has 1 aliphatic carbocycles. The Balaban J connectivity index is 1.56. The summed E-state index contributed by atoms with van der Waals surface area (Å²) in [5.41, 5.74) is 0.555. The van der Waals surface area contributed by atoms with E-state index < -0.39 is 29.3 Å². The number of benzene rings is 2. The van der Waals surface area contributed by atoms with Crippen LogP contribution in [0.15, 0.2) is 36.4 Å². The lowest BCUT2D eigenvalue weighted by Crippen LogP contribution is -2.47. The SMILES string of the molecule is COc1cc(F)c(C[C@@H](NC(=O)N[C@H]2CC[C@](C)(O)CC2)c2nc3ccccc3[nH]2)c(F)c1. The molecule has 2 aromatic carbocycles. The number of carbonyl (C=O) groups excluding carboxylic acids is 1. The number of amides is 2. The number of rotatable bonds is 6. The summed E-state index contributed by atoms with van der Waals surface area (Å²) in [6, 6.07) is 8.21. The number of fused-ring (bicyclic) bond motifs is 1. The first-order valence-electron chi connectivity index (χ1n) is 11.0. The van der Waals surface area contributed by atoms with Gasteiger partial charge < -0.3 is 25.5 Å². The van der Waals surface area contributed by atoms with Crippen molar-refractivity contribution < 1.29 is 23.4 Å². The molecule has 1 aromatic heterocycles. The molecule has 1 heterocycles. The molecule has 0 saturated heterocycles. The summed E-state index contributed by atoms with van der Waals surface area (Å²) in [6.45, 7) is 1.79. The van der Waals surface area contributed by atoms with Gasteiger partial charge in [-0.15, -0.1) is 0 Å². The van der Waals surface area contributed by atoms with Crippen LogP contribution < -0.4 is 15.4 Å². The molecule has 176 valence electrons. The first-order chi connectivity index (χ1) is 15.7. The molecule has 4 rings (SSSR count). The molecule has 0 radical (unpaired) electrons. The predicted molar refractivity (Wildman–Crippen MR) is 120 cm³/mol. The third kappa shape index (κ3) is 5.42. The number of carbonyl (C=O) groups is 1. The molecule has 0 spiro atoms. The van der Waals surface area contributed by atoms with E-state index >= 15 is 0 Å². The second-order valence-electron chi connectivity index (χ2n) is 8.85. The molecule has 2 amide bonds. The van der Waals surface area contributed by atoms with Crippen LogP contribution in [0, 0.1) is 11.6 Å². The number of hydrogen-bond acceptors (Lipinski definition) is 4. The maximum absolute atomic E-state index is 14.7. The van der Waals surface area contributed by atoms with Crippen molar-refractivity contribution in [1.82, 2.24) is 20.6 Å². The van der Waals surface area contributed by atoms with Crippen LogP contribution >= 0.6 is 0 Å². The minimum atomic E-state index is -0.804. The number of nitrogens with one attached hydrogen (secondary N) is 3. The van der Waals surface area contributed by atoms with Gasteiger partial charge in [0, 0.05) is 30.2 Å². The van der Waals surface area contributed by atoms with Crippen molar-refractivity contribution in [1.29, 1.82) is 0 Å². The zero-order valence-electron chi connectivity index (χ0n) is 18.6.